The number of amides is 2. The van der Waals surface area contributed by atoms with Crippen molar-refractivity contribution >= 4 is 17.5 Å². The Balaban J connectivity index is 1.35. The van der Waals surface area contributed by atoms with E-state index in [2.05, 4.69) is 15.5 Å². The Morgan fingerprint density at radius 2 is 1.89 bits per heavy atom. The molecule has 0 atom stereocenters. The maximum Gasteiger partial charge on any atom is 0.258 e. The Bertz CT molecular complexity index is 917. The van der Waals surface area contributed by atoms with Crippen molar-refractivity contribution in [1.29, 1.82) is 0 Å². The highest BCUT2D eigenvalue weighted by Gasteiger charge is 2.42. The average molecular weight is 379 g/mol. The van der Waals surface area contributed by atoms with Crippen molar-refractivity contribution in [2.24, 2.45) is 0 Å². The van der Waals surface area contributed by atoms with Gasteiger partial charge in [0.25, 0.3) is 5.91 Å². The molecule has 2 aromatic carbocycles. The number of anilines is 1. The molecule has 0 unspecified atom stereocenters. The second-order valence-corrected chi connectivity index (χ2v) is 7.62. The van der Waals surface area contributed by atoms with Crippen molar-refractivity contribution in [3.05, 3.63) is 59.2 Å². The average Bonchev–Trinajstić information content (AvgIpc) is 2.67. The van der Waals surface area contributed by atoms with Gasteiger partial charge in [0.2, 0.25) is 5.91 Å². The zero-order valence-corrected chi connectivity index (χ0v) is 16.2. The summed E-state index contributed by atoms with van der Waals surface area (Å²) in [5.41, 5.74) is 3.00. The number of fused-ring (bicyclic) bond motifs is 1. The quantitative estimate of drug-likeness (QED) is 0.860. The lowest BCUT2D eigenvalue weighted by Crippen LogP contribution is -2.61. The number of likely N-dealkylation sites (tertiary alicyclic amines) is 1. The first-order chi connectivity index (χ1) is 13.5. The summed E-state index contributed by atoms with van der Waals surface area (Å²) < 4.78 is 6.15. The fourth-order valence-electron chi connectivity index (χ4n) is 3.83. The van der Waals surface area contributed by atoms with E-state index in [0.29, 0.717) is 43.8 Å². The van der Waals surface area contributed by atoms with Crippen molar-refractivity contribution in [3.63, 3.8) is 0 Å². The predicted octanol–water partition coefficient (Wildman–Crippen LogP) is 2.86. The molecule has 6 heteroatoms. The molecule has 1 spiro atoms. The van der Waals surface area contributed by atoms with Gasteiger partial charge in [-0.3, -0.25) is 14.5 Å². The van der Waals surface area contributed by atoms with Crippen LogP contribution in [0, 0.1) is 13.8 Å². The Hall–Kier alpha value is -2.86. The number of piperidine rings is 1. The maximum atomic E-state index is 12.5. The van der Waals surface area contributed by atoms with E-state index in [1.54, 1.807) is 6.07 Å². The molecule has 2 aromatic rings. The van der Waals surface area contributed by atoms with Crippen LogP contribution in [0.25, 0.3) is 0 Å². The standard InChI is InChI=1S/C22H25N3O3/c1-15-6-5-8-18(16(15)2)23-20(26)14-25-12-10-22(11-13-25)24-21(27)17-7-3-4-9-19(17)28-22/h3-9H,10-14H2,1-2H3,(H,23,26)(H,24,27). The van der Waals surface area contributed by atoms with E-state index < -0.39 is 5.72 Å². The number of para-hydroxylation sites is 1. The van der Waals surface area contributed by atoms with Gasteiger partial charge in [0.05, 0.1) is 12.1 Å². The highest BCUT2D eigenvalue weighted by atomic mass is 16.5. The second kappa shape index (κ2) is 7.28. The third kappa shape index (κ3) is 3.60. The number of hydrogen-bond donors (Lipinski definition) is 2. The predicted molar refractivity (Wildman–Crippen MR) is 107 cm³/mol. The summed E-state index contributed by atoms with van der Waals surface area (Å²) >= 11 is 0. The van der Waals surface area contributed by atoms with Gasteiger partial charge in [0.1, 0.15) is 5.75 Å². The van der Waals surface area contributed by atoms with Crippen LogP contribution in [0.3, 0.4) is 0 Å². The van der Waals surface area contributed by atoms with E-state index in [1.165, 1.54) is 0 Å². The molecule has 28 heavy (non-hydrogen) atoms. The summed E-state index contributed by atoms with van der Waals surface area (Å²) in [6.07, 6.45) is 1.29. The summed E-state index contributed by atoms with van der Waals surface area (Å²) in [6.45, 7) is 5.74. The number of carbonyl (C=O) groups is 2. The summed E-state index contributed by atoms with van der Waals surface area (Å²) in [6, 6.07) is 13.2. The van der Waals surface area contributed by atoms with Crippen LogP contribution in [-0.4, -0.2) is 42.1 Å². The Morgan fingerprint density at radius 3 is 2.68 bits per heavy atom. The molecule has 2 aliphatic rings. The van der Waals surface area contributed by atoms with Gasteiger partial charge < -0.3 is 15.4 Å². The first kappa shape index (κ1) is 18.5. The molecule has 1 fully saturated rings. The molecule has 0 bridgehead atoms. The van der Waals surface area contributed by atoms with Gasteiger partial charge in [-0.15, -0.1) is 0 Å². The minimum atomic E-state index is -0.675. The van der Waals surface area contributed by atoms with Crippen molar-refractivity contribution in [2.45, 2.75) is 32.4 Å². The number of rotatable bonds is 3. The number of aryl methyl sites for hydroxylation is 1. The lowest BCUT2D eigenvalue weighted by Gasteiger charge is -2.44. The first-order valence-corrected chi connectivity index (χ1v) is 9.65. The molecule has 4 rings (SSSR count). The molecule has 2 aliphatic heterocycles. The van der Waals surface area contributed by atoms with Gasteiger partial charge >= 0.3 is 0 Å². The third-order valence-corrected chi connectivity index (χ3v) is 5.69. The molecule has 2 heterocycles. The molecule has 146 valence electrons. The fourth-order valence-corrected chi connectivity index (χ4v) is 3.83. The van der Waals surface area contributed by atoms with Crippen LogP contribution in [-0.2, 0) is 4.79 Å². The van der Waals surface area contributed by atoms with Crippen LogP contribution < -0.4 is 15.4 Å². The Kier molecular flexibility index (Phi) is 4.81. The van der Waals surface area contributed by atoms with E-state index in [-0.39, 0.29) is 11.8 Å². The van der Waals surface area contributed by atoms with Crippen molar-refractivity contribution < 1.29 is 14.3 Å². The van der Waals surface area contributed by atoms with E-state index in [9.17, 15) is 9.59 Å². The number of ether oxygens (including phenoxy) is 1. The second-order valence-electron chi connectivity index (χ2n) is 7.62. The minimum absolute atomic E-state index is 0.0245. The lowest BCUT2D eigenvalue weighted by atomic mass is 9.97. The van der Waals surface area contributed by atoms with Crippen molar-refractivity contribution in [3.8, 4) is 5.75 Å². The number of nitrogens with zero attached hydrogens (tertiary/aromatic N) is 1. The number of nitrogens with one attached hydrogen (secondary N) is 2. The smallest absolute Gasteiger partial charge is 0.258 e. The van der Waals surface area contributed by atoms with E-state index in [0.717, 1.165) is 16.8 Å². The molecule has 0 aliphatic carbocycles. The fraction of sp³-hybridized carbons (Fsp3) is 0.364. The Labute approximate surface area is 164 Å². The van der Waals surface area contributed by atoms with Crippen molar-refractivity contribution in [2.75, 3.05) is 25.0 Å². The van der Waals surface area contributed by atoms with Crippen LogP contribution in [0.2, 0.25) is 0 Å². The zero-order chi connectivity index (χ0) is 19.7. The van der Waals surface area contributed by atoms with Crippen LogP contribution in [0.5, 0.6) is 5.75 Å². The molecule has 1 saturated heterocycles. The molecular weight excluding hydrogens is 354 g/mol. The van der Waals surface area contributed by atoms with Crippen LogP contribution in [0.15, 0.2) is 42.5 Å². The largest absolute Gasteiger partial charge is 0.467 e. The zero-order valence-electron chi connectivity index (χ0n) is 16.2. The van der Waals surface area contributed by atoms with E-state index in [1.807, 2.05) is 50.2 Å². The van der Waals surface area contributed by atoms with E-state index >= 15 is 0 Å². The molecule has 0 saturated carbocycles. The number of hydrogen-bond acceptors (Lipinski definition) is 4. The normalized spacial score (nSPS) is 18.1. The molecule has 0 radical (unpaired) electrons. The van der Waals surface area contributed by atoms with Crippen LogP contribution in [0.1, 0.15) is 34.3 Å². The minimum Gasteiger partial charge on any atom is -0.467 e. The highest BCUT2D eigenvalue weighted by Crippen LogP contribution is 2.33. The van der Waals surface area contributed by atoms with Crippen molar-refractivity contribution in [1.82, 2.24) is 10.2 Å². The highest BCUT2D eigenvalue weighted by molar-refractivity contribution is 5.98. The van der Waals surface area contributed by atoms with Gasteiger partial charge in [-0.05, 0) is 43.2 Å². The van der Waals surface area contributed by atoms with Crippen LogP contribution >= 0.6 is 0 Å². The molecular formula is C22H25N3O3. The molecule has 0 aromatic heterocycles. The topological polar surface area (TPSA) is 70.7 Å². The number of benzene rings is 2. The number of carbonyl (C=O) groups excluding carboxylic acids is 2. The summed E-state index contributed by atoms with van der Waals surface area (Å²) in [4.78, 5) is 27.0. The summed E-state index contributed by atoms with van der Waals surface area (Å²) in [7, 11) is 0. The first-order valence-electron chi connectivity index (χ1n) is 9.65. The van der Waals surface area contributed by atoms with E-state index in [4.69, 9.17) is 4.74 Å². The monoisotopic (exact) mass is 379 g/mol. The van der Waals surface area contributed by atoms with Gasteiger partial charge in [0.15, 0.2) is 5.72 Å². The van der Waals surface area contributed by atoms with Gasteiger partial charge in [-0.1, -0.05) is 24.3 Å². The maximum absolute atomic E-state index is 12.5. The molecule has 6 nitrogen and oxygen atoms in total. The third-order valence-electron chi connectivity index (χ3n) is 5.69. The van der Waals surface area contributed by atoms with Crippen LogP contribution in [0.4, 0.5) is 5.69 Å². The lowest BCUT2D eigenvalue weighted by molar-refractivity contribution is -0.118. The van der Waals surface area contributed by atoms with Gasteiger partial charge in [0, 0.05) is 31.6 Å². The molecule has 2 N–H and O–H groups in total. The van der Waals surface area contributed by atoms with Gasteiger partial charge in [-0.25, -0.2) is 0 Å². The van der Waals surface area contributed by atoms with Gasteiger partial charge in [-0.2, -0.15) is 0 Å². The summed E-state index contributed by atoms with van der Waals surface area (Å²) in [5.74, 6) is 0.513. The summed E-state index contributed by atoms with van der Waals surface area (Å²) in [5, 5.41) is 6.03. The Morgan fingerprint density at radius 1 is 1.14 bits per heavy atom. The molecule has 2 amide bonds. The SMILES string of the molecule is Cc1cccc(NC(=O)CN2CCC3(CC2)NC(=O)c2ccccc2O3)c1C.